The Labute approximate surface area is 60.2 Å². The van der Waals surface area contributed by atoms with Crippen LogP contribution in [-0.2, 0) is 0 Å². The number of hydrogen-bond donors (Lipinski definition) is 0. The Morgan fingerprint density at radius 2 is 1.40 bits per heavy atom. The van der Waals surface area contributed by atoms with E-state index in [4.69, 9.17) is 11.6 Å². The maximum Gasteiger partial charge on any atom is 0.161 e. The Bertz CT molecular complexity index is 209. The molecule has 0 aromatic heterocycles. The summed E-state index contributed by atoms with van der Waals surface area (Å²) in [4.78, 5) is 0. The molecule has 0 fully saturated rings. The molecule has 0 heterocycles. The molecule has 1 aromatic rings. The topological polar surface area (TPSA) is 0 Å². The van der Waals surface area contributed by atoms with Gasteiger partial charge in [-0.3, -0.25) is 0 Å². The van der Waals surface area contributed by atoms with E-state index in [9.17, 15) is 13.2 Å². The fourth-order valence-electron chi connectivity index (χ4n) is 0.498. The van der Waals surface area contributed by atoms with Gasteiger partial charge < -0.3 is 0 Å². The zero-order chi connectivity index (χ0) is 7.72. The van der Waals surface area contributed by atoms with Crippen LogP contribution in [0, 0.1) is 17.5 Å². The molecule has 0 aliphatic rings. The molecule has 0 atom stereocenters. The fourth-order valence-corrected chi connectivity index (χ4v) is 0.649. The molecule has 0 spiro atoms. The SMILES string of the molecule is Fc1cc(F)c(Cl)cc1F. The van der Waals surface area contributed by atoms with E-state index in [0.29, 0.717) is 12.1 Å². The van der Waals surface area contributed by atoms with Crippen LogP contribution < -0.4 is 0 Å². The molecule has 0 nitrogen and oxygen atoms in total. The van der Waals surface area contributed by atoms with Gasteiger partial charge >= 0.3 is 0 Å². The monoisotopic (exact) mass is 166 g/mol. The summed E-state index contributed by atoms with van der Waals surface area (Å²) in [7, 11) is 0. The molecule has 0 aliphatic heterocycles. The van der Waals surface area contributed by atoms with Crippen molar-refractivity contribution in [3.63, 3.8) is 0 Å². The van der Waals surface area contributed by atoms with Crippen LogP contribution in [0.15, 0.2) is 12.1 Å². The van der Waals surface area contributed by atoms with Crippen LogP contribution in [0.2, 0.25) is 5.02 Å². The maximum atomic E-state index is 12.2. The molecule has 0 amide bonds. The second kappa shape index (κ2) is 2.50. The van der Waals surface area contributed by atoms with Crippen molar-refractivity contribution in [1.82, 2.24) is 0 Å². The molecule has 0 saturated heterocycles. The zero-order valence-corrected chi connectivity index (χ0v) is 5.42. The van der Waals surface area contributed by atoms with Crippen LogP contribution in [0.4, 0.5) is 13.2 Å². The van der Waals surface area contributed by atoms with Gasteiger partial charge in [0.15, 0.2) is 11.6 Å². The van der Waals surface area contributed by atoms with Gasteiger partial charge in [0.1, 0.15) is 5.82 Å². The van der Waals surface area contributed by atoms with E-state index >= 15 is 0 Å². The lowest BCUT2D eigenvalue weighted by molar-refractivity contribution is 0.495. The Hall–Kier alpha value is -0.700. The summed E-state index contributed by atoms with van der Waals surface area (Å²) in [6.45, 7) is 0. The van der Waals surface area contributed by atoms with Crippen molar-refractivity contribution in [2.45, 2.75) is 0 Å². The van der Waals surface area contributed by atoms with Crippen molar-refractivity contribution < 1.29 is 13.2 Å². The largest absolute Gasteiger partial charge is 0.205 e. The average molecular weight is 167 g/mol. The first-order chi connectivity index (χ1) is 4.61. The van der Waals surface area contributed by atoms with Crippen molar-refractivity contribution in [2.24, 2.45) is 0 Å². The average Bonchev–Trinajstić information content (AvgIpc) is 1.84. The molecular formula is C6H2ClF3. The van der Waals surface area contributed by atoms with Gasteiger partial charge in [0.05, 0.1) is 5.02 Å². The highest BCUT2D eigenvalue weighted by Crippen LogP contribution is 2.17. The van der Waals surface area contributed by atoms with Gasteiger partial charge in [-0.2, -0.15) is 0 Å². The van der Waals surface area contributed by atoms with E-state index < -0.39 is 22.5 Å². The highest BCUT2D eigenvalue weighted by Gasteiger charge is 2.06. The molecule has 0 radical (unpaired) electrons. The highest BCUT2D eigenvalue weighted by molar-refractivity contribution is 6.30. The third-order valence-corrected chi connectivity index (χ3v) is 1.25. The summed E-state index contributed by atoms with van der Waals surface area (Å²) in [6, 6.07) is 0.990. The van der Waals surface area contributed by atoms with Gasteiger partial charge in [0.2, 0.25) is 0 Å². The molecule has 1 aromatic carbocycles. The zero-order valence-electron chi connectivity index (χ0n) is 4.67. The number of benzene rings is 1. The first kappa shape index (κ1) is 7.41. The summed E-state index contributed by atoms with van der Waals surface area (Å²) < 4.78 is 36.4. The molecule has 10 heavy (non-hydrogen) atoms. The van der Waals surface area contributed by atoms with Crippen LogP contribution in [0.25, 0.3) is 0 Å². The van der Waals surface area contributed by atoms with E-state index in [1.54, 1.807) is 0 Å². The van der Waals surface area contributed by atoms with Crippen molar-refractivity contribution >= 4 is 11.6 Å². The molecular weight excluding hydrogens is 165 g/mol. The summed E-state index contributed by atoms with van der Waals surface area (Å²) in [5, 5.41) is -0.418. The molecule has 1 rings (SSSR count). The fraction of sp³-hybridized carbons (Fsp3) is 0. The quantitative estimate of drug-likeness (QED) is 0.520. The van der Waals surface area contributed by atoms with Crippen LogP contribution in [-0.4, -0.2) is 0 Å². The van der Waals surface area contributed by atoms with Gasteiger partial charge in [-0.1, -0.05) is 11.6 Å². The summed E-state index contributed by atoms with van der Waals surface area (Å²) in [6.07, 6.45) is 0. The minimum Gasteiger partial charge on any atom is -0.205 e. The Morgan fingerprint density at radius 1 is 0.900 bits per heavy atom. The lowest BCUT2D eigenvalue weighted by Crippen LogP contribution is -1.86. The van der Waals surface area contributed by atoms with E-state index in [1.165, 1.54) is 0 Å². The molecule has 0 unspecified atom stereocenters. The predicted molar refractivity (Wildman–Crippen MR) is 31.3 cm³/mol. The molecule has 0 bridgehead atoms. The Morgan fingerprint density at radius 3 is 1.90 bits per heavy atom. The molecule has 4 heteroatoms. The number of hydrogen-bond acceptors (Lipinski definition) is 0. The summed E-state index contributed by atoms with van der Waals surface area (Å²) >= 11 is 5.10. The highest BCUT2D eigenvalue weighted by atomic mass is 35.5. The van der Waals surface area contributed by atoms with Gasteiger partial charge in [0, 0.05) is 6.07 Å². The van der Waals surface area contributed by atoms with Gasteiger partial charge in [-0.25, -0.2) is 13.2 Å². The van der Waals surface area contributed by atoms with Crippen LogP contribution >= 0.6 is 11.6 Å². The first-order valence-corrected chi connectivity index (χ1v) is 2.79. The molecule has 0 aliphatic carbocycles. The van der Waals surface area contributed by atoms with Crippen LogP contribution in [0.3, 0.4) is 0 Å². The Kier molecular flexibility index (Phi) is 1.85. The third-order valence-electron chi connectivity index (χ3n) is 0.963. The summed E-state index contributed by atoms with van der Waals surface area (Å²) in [5.41, 5.74) is 0. The van der Waals surface area contributed by atoms with E-state index in [0.717, 1.165) is 0 Å². The second-order valence-corrected chi connectivity index (χ2v) is 2.09. The van der Waals surface area contributed by atoms with Crippen LogP contribution in [0.1, 0.15) is 0 Å². The second-order valence-electron chi connectivity index (χ2n) is 1.68. The lowest BCUT2D eigenvalue weighted by atomic mass is 10.3. The minimum absolute atomic E-state index is 0.400. The van der Waals surface area contributed by atoms with Crippen LogP contribution in [0.5, 0.6) is 0 Å². The normalized spacial score (nSPS) is 10.0. The van der Waals surface area contributed by atoms with Crippen molar-refractivity contribution in [1.29, 1.82) is 0 Å². The van der Waals surface area contributed by atoms with Crippen molar-refractivity contribution in [3.05, 3.63) is 34.6 Å². The maximum absolute atomic E-state index is 12.2. The predicted octanol–water partition coefficient (Wildman–Crippen LogP) is 2.76. The van der Waals surface area contributed by atoms with E-state index in [2.05, 4.69) is 0 Å². The van der Waals surface area contributed by atoms with E-state index in [-0.39, 0.29) is 0 Å². The number of rotatable bonds is 0. The van der Waals surface area contributed by atoms with Gasteiger partial charge in [0.25, 0.3) is 0 Å². The third kappa shape index (κ3) is 1.24. The minimum atomic E-state index is -1.23. The van der Waals surface area contributed by atoms with Crippen molar-refractivity contribution in [2.75, 3.05) is 0 Å². The standard InChI is InChI=1S/C6H2ClF3/c7-3-1-5(9)6(10)2-4(3)8/h1-2H. The first-order valence-electron chi connectivity index (χ1n) is 2.41. The molecule has 0 saturated carbocycles. The number of halogens is 4. The molecule has 0 N–H and O–H groups in total. The van der Waals surface area contributed by atoms with Gasteiger partial charge in [-0.15, -0.1) is 0 Å². The summed E-state index contributed by atoms with van der Waals surface area (Å²) in [5.74, 6) is -3.34. The lowest BCUT2D eigenvalue weighted by Gasteiger charge is -1.93. The van der Waals surface area contributed by atoms with Gasteiger partial charge in [-0.05, 0) is 6.07 Å². The van der Waals surface area contributed by atoms with Crippen molar-refractivity contribution in [3.8, 4) is 0 Å². The van der Waals surface area contributed by atoms with E-state index in [1.807, 2.05) is 0 Å². The molecule has 54 valence electrons. The smallest absolute Gasteiger partial charge is 0.161 e. The Balaban J connectivity index is 3.28.